The van der Waals surface area contributed by atoms with Crippen LogP contribution >= 0.6 is 0 Å². The summed E-state index contributed by atoms with van der Waals surface area (Å²) in [7, 11) is 1.52. The molecule has 0 fully saturated rings. The highest BCUT2D eigenvalue weighted by molar-refractivity contribution is 5.42. The van der Waals surface area contributed by atoms with E-state index in [0.29, 0.717) is 16.9 Å². The molecule has 6 heteroatoms. The molecule has 0 unspecified atom stereocenters. The Balaban J connectivity index is 2.22. The lowest BCUT2D eigenvalue weighted by atomic mass is 9.97. The van der Waals surface area contributed by atoms with Crippen LogP contribution < -0.4 is 9.47 Å². The first-order chi connectivity index (χ1) is 11.2. The maximum Gasteiger partial charge on any atom is 0.573 e. The smallest absolute Gasteiger partial charge is 0.496 e. The summed E-state index contributed by atoms with van der Waals surface area (Å²) < 4.78 is 59.8. The standard InChI is InChI=1S/C18H18F4O2/c1-11(2)15-10-16(19)13(9-17(15)23-3)8-12-4-6-14(7-5-12)24-18(20,21)22/h4-7,9-11H,8H2,1-3H3. The third kappa shape index (κ3) is 4.63. The van der Waals surface area contributed by atoms with Gasteiger partial charge in [0.05, 0.1) is 7.11 Å². The van der Waals surface area contributed by atoms with Crippen LogP contribution in [-0.4, -0.2) is 13.5 Å². The van der Waals surface area contributed by atoms with E-state index in [1.807, 2.05) is 13.8 Å². The van der Waals surface area contributed by atoms with Crippen molar-refractivity contribution in [3.05, 3.63) is 58.9 Å². The van der Waals surface area contributed by atoms with Crippen molar-refractivity contribution in [3.63, 3.8) is 0 Å². The molecule has 0 aliphatic rings. The number of benzene rings is 2. The minimum absolute atomic E-state index is 0.113. The first-order valence-corrected chi connectivity index (χ1v) is 7.40. The van der Waals surface area contributed by atoms with Crippen LogP contribution in [0.2, 0.25) is 0 Å². The highest BCUT2D eigenvalue weighted by atomic mass is 19.4. The lowest BCUT2D eigenvalue weighted by Crippen LogP contribution is -2.17. The van der Waals surface area contributed by atoms with Gasteiger partial charge in [0, 0.05) is 6.42 Å². The van der Waals surface area contributed by atoms with Crippen molar-refractivity contribution in [1.82, 2.24) is 0 Å². The van der Waals surface area contributed by atoms with E-state index in [1.165, 1.54) is 37.4 Å². The third-order valence-corrected chi connectivity index (χ3v) is 3.57. The highest BCUT2D eigenvalue weighted by Gasteiger charge is 2.30. The molecule has 0 atom stereocenters. The summed E-state index contributed by atoms with van der Waals surface area (Å²) in [6.45, 7) is 3.88. The van der Waals surface area contributed by atoms with Gasteiger partial charge in [-0.1, -0.05) is 26.0 Å². The lowest BCUT2D eigenvalue weighted by molar-refractivity contribution is -0.274. The summed E-state index contributed by atoms with van der Waals surface area (Å²) in [6, 6.07) is 8.44. The maximum absolute atomic E-state index is 14.3. The van der Waals surface area contributed by atoms with Crippen molar-refractivity contribution >= 4 is 0 Å². The molecule has 0 heterocycles. The number of rotatable bonds is 5. The van der Waals surface area contributed by atoms with Gasteiger partial charge in [0.25, 0.3) is 0 Å². The lowest BCUT2D eigenvalue weighted by Gasteiger charge is -2.15. The average molecular weight is 342 g/mol. The summed E-state index contributed by atoms with van der Waals surface area (Å²) in [6.07, 6.45) is -4.49. The molecule has 0 saturated carbocycles. The van der Waals surface area contributed by atoms with Crippen molar-refractivity contribution in [2.45, 2.75) is 32.5 Å². The SMILES string of the molecule is COc1cc(Cc2ccc(OC(F)(F)F)cc2)c(F)cc1C(C)C. The fourth-order valence-electron chi connectivity index (χ4n) is 2.40. The number of ether oxygens (including phenoxy) is 2. The Morgan fingerprint density at radius 3 is 2.17 bits per heavy atom. The van der Waals surface area contributed by atoms with E-state index >= 15 is 0 Å². The Morgan fingerprint density at radius 1 is 1.04 bits per heavy atom. The molecular formula is C18H18F4O2. The van der Waals surface area contributed by atoms with Gasteiger partial charge in [0.15, 0.2) is 0 Å². The summed E-state index contributed by atoms with van der Waals surface area (Å²) in [4.78, 5) is 0. The van der Waals surface area contributed by atoms with Gasteiger partial charge >= 0.3 is 6.36 Å². The zero-order chi connectivity index (χ0) is 17.9. The van der Waals surface area contributed by atoms with Crippen LogP contribution in [0.15, 0.2) is 36.4 Å². The monoisotopic (exact) mass is 342 g/mol. The van der Waals surface area contributed by atoms with Crippen molar-refractivity contribution in [2.24, 2.45) is 0 Å². The number of hydrogen-bond donors (Lipinski definition) is 0. The maximum atomic E-state index is 14.3. The summed E-state index contributed by atoms with van der Waals surface area (Å²) in [5, 5.41) is 0. The zero-order valence-electron chi connectivity index (χ0n) is 13.6. The van der Waals surface area contributed by atoms with E-state index in [4.69, 9.17) is 4.74 Å². The molecule has 2 aromatic carbocycles. The van der Waals surface area contributed by atoms with Gasteiger partial charge in [-0.15, -0.1) is 13.2 Å². The summed E-state index contributed by atoms with van der Waals surface area (Å²) in [5.74, 6) is 0.0373. The number of methoxy groups -OCH3 is 1. The van der Waals surface area contributed by atoms with Crippen LogP contribution in [-0.2, 0) is 6.42 Å². The fourth-order valence-corrected chi connectivity index (χ4v) is 2.40. The van der Waals surface area contributed by atoms with Crippen molar-refractivity contribution in [3.8, 4) is 11.5 Å². The number of alkyl halides is 3. The number of hydrogen-bond acceptors (Lipinski definition) is 2. The summed E-state index contributed by atoms with van der Waals surface area (Å²) >= 11 is 0. The Hall–Kier alpha value is -2.24. The fraction of sp³-hybridized carbons (Fsp3) is 0.333. The molecule has 0 spiro atoms. The molecule has 0 aliphatic carbocycles. The zero-order valence-corrected chi connectivity index (χ0v) is 13.6. The predicted octanol–water partition coefficient (Wildman–Crippen LogP) is 5.45. The number of halogens is 4. The van der Waals surface area contributed by atoms with Crippen LogP contribution in [0.1, 0.15) is 36.5 Å². The molecule has 0 aliphatic heterocycles. The molecule has 0 saturated heterocycles. The minimum Gasteiger partial charge on any atom is -0.496 e. The van der Waals surface area contributed by atoms with Crippen LogP contribution in [0, 0.1) is 5.82 Å². The molecule has 2 rings (SSSR count). The van der Waals surface area contributed by atoms with E-state index in [-0.39, 0.29) is 23.9 Å². The van der Waals surface area contributed by atoms with E-state index < -0.39 is 6.36 Å². The topological polar surface area (TPSA) is 18.5 Å². The Morgan fingerprint density at radius 2 is 1.67 bits per heavy atom. The second-order valence-corrected chi connectivity index (χ2v) is 5.71. The molecule has 2 aromatic rings. The van der Waals surface area contributed by atoms with Crippen LogP contribution in [0.4, 0.5) is 17.6 Å². The van der Waals surface area contributed by atoms with Crippen molar-refractivity contribution in [2.75, 3.05) is 7.11 Å². The van der Waals surface area contributed by atoms with Crippen LogP contribution in [0.5, 0.6) is 11.5 Å². The largest absolute Gasteiger partial charge is 0.573 e. The van der Waals surface area contributed by atoms with E-state index in [1.54, 1.807) is 6.07 Å². The normalized spacial score (nSPS) is 11.7. The van der Waals surface area contributed by atoms with Gasteiger partial charge < -0.3 is 9.47 Å². The van der Waals surface area contributed by atoms with Gasteiger partial charge in [0.1, 0.15) is 17.3 Å². The molecule has 0 radical (unpaired) electrons. The molecule has 0 bridgehead atoms. The van der Waals surface area contributed by atoms with E-state index in [2.05, 4.69) is 4.74 Å². The van der Waals surface area contributed by atoms with E-state index in [9.17, 15) is 17.6 Å². The van der Waals surface area contributed by atoms with Crippen molar-refractivity contribution in [1.29, 1.82) is 0 Å². The Bertz CT molecular complexity index is 691. The molecule has 0 amide bonds. The molecule has 0 aromatic heterocycles. The predicted molar refractivity (Wildman–Crippen MR) is 83.0 cm³/mol. The second kappa shape index (κ2) is 7.11. The molecule has 24 heavy (non-hydrogen) atoms. The minimum atomic E-state index is -4.73. The Kier molecular flexibility index (Phi) is 5.36. The van der Waals surface area contributed by atoms with Crippen molar-refractivity contribution < 1.29 is 27.0 Å². The third-order valence-electron chi connectivity index (χ3n) is 3.57. The Labute approximate surface area is 138 Å². The second-order valence-electron chi connectivity index (χ2n) is 5.71. The van der Waals surface area contributed by atoms with Gasteiger partial charge in [-0.3, -0.25) is 0 Å². The summed E-state index contributed by atoms with van der Waals surface area (Å²) in [5.41, 5.74) is 1.86. The van der Waals surface area contributed by atoms with Crippen LogP contribution in [0.25, 0.3) is 0 Å². The molecule has 0 N–H and O–H groups in total. The van der Waals surface area contributed by atoms with Gasteiger partial charge in [-0.2, -0.15) is 0 Å². The van der Waals surface area contributed by atoms with E-state index in [0.717, 1.165) is 5.56 Å². The first kappa shape index (κ1) is 18.1. The highest BCUT2D eigenvalue weighted by Crippen LogP contribution is 2.30. The molecule has 130 valence electrons. The molecule has 2 nitrogen and oxygen atoms in total. The quantitative estimate of drug-likeness (QED) is 0.673. The average Bonchev–Trinajstić information content (AvgIpc) is 2.49. The van der Waals surface area contributed by atoms with Gasteiger partial charge in [0.2, 0.25) is 0 Å². The van der Waals surface area contributed by atoms with Gasteiger partial charge in [-0.05, 0) is 46.9 Å². The molecular weight excluding hydrogens is 324 g/mol. The van der Waals surface area contributed by atoms with Gasteiger partial charge in [-0.25, -0.2) is 4.39 Å². The van der Waals surface area contributed by atoms with Crippen LogP contribution in [0.3, 0.4) is 0 Å². The first-order valence-electron chi connectivity index (χ1n) is 7.40.